The molecular weight excluding hydrogens is 180 g/mol. The third-order valence-electron chi connectivity index (χ3n) is 2.08. The van der Waals surface area contributed by atoms with Gasteiger partial charge in [-0.15, -0.1) is 0 Å². The smallest absolute Gasteiger partial charge is 0.257 e. The predicted molar refractivity (Wildman–Crippen MR) is 53.2 cm³/mol. The molecule has 1 aromatic heterocycles. The van der Waals surface area contributed by atoms with E-state index in [9.17, 15) is 9.90 Å². The average Bonchev–Trinajstić information content (AvgIpc) is 2.20. The first-order valence-electron chi connectivity index (χ1n) is 4.63. The molecule has 0 fully saturated rings. The van der Waals surface area contributed by atoms with E-state index in [2.05, 4.69) is 4.98 Å². The van der Waals surface area contributed by atoms with Crippen molar-refractivity contribution in [2.24, 2.45) is 0 Å². The van der Waals surface area contributed by atoms with Crippen molar-refractivity contribution >= 4 is 5.91 Å². The summed E-state index contributed by atoms with van der Waals surface area (Å²) in [5, 5.41) is 9.41. The normalized spacial score (nSPS) is 9.86. The summed E-state index contributed by atoms with van der Waals surface area (Å²) in [7, 11) is 0. The Morgan fingerprint density at radius 3 is 2.64 bits per heavy atom. The van der Waals surface area contributed by atoms with Gasteiger partial charge in [-0.2, -0.15) is 0 Å². The Labute approximate surface area is 83.2 Å². The standard InChI is InChI=1S/C10H14N2O2/c1-3-12(4-2)10(14)8-5-6-11-7-9(8)13/h5-7,13H,3-4H2,1-2H3. The molecule has 0 aliphatic carbocycles. The Bertz CT molecular complexity index is 322. The summed E-state index contributed by atoms with van der Waals surface area (Å²) < 4.78 is 0. The van der Waals surface area contributed by atoms with E-state index in [4.69, 9.17) is 0 Å². The molecule has 0 radical (unpaired) electrons. The van der Waals surface area contributed by atoms with Crippen molar-refractivity contribution in [3.05, 3.63) is 24.0 Å². The molecule has 76 valence electrons. The van der Waals surface area contributed by atoms with Gasteiger partial charge in [0.25, 0.3) is 5.91 Å². The third kappa shape index (κ3) is 2.02. The number of carbonyl (C=O) groups excluding carboxylic acids is 1. The lowest BCUT2D eigenvalue weighted by molar-refractivity contribution is 0.0770. The van der Waals surface area contributed by atoms with Crippen molar-refractivity contribution in [2.75, 3.05) is 13.1 Å². The number of carbonyl (C=O) groups is 1. The van der Waals surface area contributed by atoms with Crippen LogP contribution in [0.3, 0.4) is 0 Å². The van der Waals surface area contributed by atoms with Crippen LogP contribution in [0, 0.1) is 0 Å². The van der Waals surface area contributed by atoms with Crippen molar-refractivity contribution in [3.8, 4) is 5.75 Å². The Morgan fingerprint density at radius 2 is 2.14 bits per heavy atom. The second kappa shape index (κ2) is 4.60. The highest BCUT2D eigenvalue weighted by atomic mass is 16.3. The van der Waals surface area contributed by atoms with Crippen LogP contribution in [0.5, 0.6) is 5.75 Å². The zero-order chi connectivity index (χ0) is 10.6. The molecule has 4 heteroatoms. The molecule has 0 saturated carbocycles. The first kappa shape index (κ1) is 10.5. The zero-order valence-corrected chi connectivity index (χ0v) is 8.40. The molecule has 0 aliphatic heterocycles. The van der Waals surface area contributed by atoms with Crippen LogP contribution in [0.4, 0.5) is 0 Å². The van der Waals surface area contributed by atoms with Gasteiger partial charge in [-0.05, 0) is 19.9 Å². The van der Waals surface area contributed by atoms with Crippen molar-refractivity contribution in [1.82, 2.24) is 9.88 Å². The number of hydrogen-bond donors (Lipinski definition) is 1. The number of rotatable bonds is 3. The maximum absolute atomic E-state index is 11.8. The fourth-order valence-corrected chi connectivity index (χ4v) is 1.25. The van der Waals surface area contributed by atoms with Gasteiger partial charge in [0, 0.05) is 19.3 Å². The summed E-state index contributed by atoms with van der Waals surface area (Å²) in [6.45, 7) is 5.08. The largest absolute Gasteiger partial charge is 0.505 e. The van der Waals surface area contributed by atoms with E-state index in [1.165, 1.54) is 18.5 Å². The number of pyridine rings is 1. The van der Waals surface area contributed by atoms with E-state index in [1.54, 1.807) is 4.90 Å². The molecule has 0 spiro atoms. The lowest BCUT2D eigenvalue weighted by Gasteiger charge is -2.18. The second-order valence-electron chi connectivity index (χ2n) is 2.87. The molecule has 0 atom stereocenters. The van der Waals surface area contributed by atoms with Crippen LogP contribution < -0.4 is 0 Å². The third-order valence-corrected chi connectivity index (χ3v) is 2.08. The van der Waals surface area contributed by atoms with Crippen molar-refractivity contribution in [1.29, 1.82) is 0 Å². The van der Waals surface area contributed by atoms with Crippen LogP contribution in [0.15, 0.2) is 18.5 Å². The molecule has 0 aliphatic rings. The van der Waals surface area contributed by atoms with Crippen LogP contribution in [0.25, 0.3) is 0 Å². The van der Waals surface area contributed by atoms with Gasteiger partial charge in [-0.25, -0.2) is 0 Å². The fraction of sp³-hybridized carbons (Fsp3) is 0.400. The monoisotopic (exact) mass is 194 g/mol. The van der Waals surface area contributed by atoms with Crippen LogP contribution in [-0.4, -0.2) is 34.0 Å². The van der Waals surface area contributed by atoms with Crippen LogP contribution in [0.2, 0.25) is 0 Å². The van der Waals surface area contributed by atoms with Gasteiger partial charge < -0.3 is 10.0 Å². The lowest BCUT2D eigenvalue weighted by atomic mass is 10.2. The van der Waals surface area contributed by atoms with Gasteiger partial charge >= 0.3 is 0 Å². The molecule has 1 amide bonds. The van der Waals surface area contributed by atoms with Gasteiger partial charge in [-0.3, -0.25) is 9.78 Å². The zero-order valence-electron chi connectivity index (χ0n) is 8.40. The van der Waals surface area contributed by atoms with E-state index < -0.39 is 0 Å². The number of amides is 1. The summed E-state index contributed by atoms with van der Waals surface area (Å²) in [4.78, 5) is 17.1. The lowest BCUT2D eigenvalue weighted by Crippen LogP contribution is -2.30. The molecule has 1 heterocycles. The summed E-state index contributed by atoms with van der Waals surface area (Å²) in [6.07, 6.45) is 2.77. The molecule has 1 aromatic rings. The first-order chi connectivity index (χ1) is 6.70. The SMILES string of the molecule is CCN(CC)C(=O)c1ccncc1O. The Hall–Kier alpha value is -1.58. The van der Waals surface area contributed by atoms with E-state index in [0.717, 1.165) is 0 Å². The predicted octanol–water partition coefficient (Wildman–Crippen LogP) is 1.27. The minimum Gasteiger partial charge on any atom is -0.505 e. The first-order valence-corrected chi connectivity index (χ1v) is 4.63. The van der Waals surface area contributed by atoms with Crippen LogP contribution in [-0.2, 0) is 0 Å². The summed E-state index contributed by atoms with van der Waals surface area (Å²) in [6, 6.07) is 1.52. The van der Waals surface area contributed by atoms with Crippen molar-refractivity contribution in [2.45, 2.75) is 13.8 Å². The minimum absolute atomic E-state index is 0.0654. The molecule has 0 unspecified atom stereocenters. The number of hydrogen-bond acceptors (Lipinski definition) is 3. The number of aromatic hydroxyl groups is 1. The number of nitrogens with zero attached hydrogens (tertiary/aromatic N) is 2. The molecule has 14 heavy (non-hydrogen) atoms. The average molecular weight is 194 g/mol. The molecule has 1 N–H and O–H groups in total. The van der Waals surface area contributed by atoms with Crippen LogP contribution >= 0.6 is 0 Å². The van der Waals surface area contributed by atoms with Crippen molar-refractivity contribution < 1.29 is 9.90 Å². The fourth-order valence-electron chi connectivity index (χ4n) is 1.25. The van der Waals surface area contributed by atoms with Gasteiger partial charge in [-0.1, -0.05) is 0 Å². The van der Waals surface area contributed by atoms with Crippen LogP contribution in [0.1, 0.15) is 24.2 Å². The van der Waals surface area contributed by atoms with E-state index >= 15 is 0 Å². The highest BCUT2D eigenvalue weighted by Crippen LogP contribution is 2.15. The number of aromatic nitrogens is 1. The molecule has 4 nitrogen and oxygen atoms in total. The minimum atomic E-state index is -0.157. The van der Waals surface area contributed by atoms with Gasteiger partial charge in [0.1, 0.15) is 5.75 Å². The van der Waals surface area contributed by atoms with E-state index in [-0.39, 0.29) is 11.7 Å². The van der Waals surface area contributed by atoms with Gasteiger partial charge in [0.15, 0.2) is 0 Å². The van der Waals surface area contributed by atoms with Gasteiger partial charge in [0.05, 0.1) is 11.8 Å². The quantitative estimate of drug-likeness (QED) is 0.788. The van der Waals surface area contributed by atoms with Gasteiger partial charge in [0.2, 0.25) is 0 Å². The summed E-state index contributed by atoms with van der Waals surface area (Å²) in [5.41, 5.74) is 0.309. The maximum atomic E-state index is 11.8. The highest BCUT2D eigenvalue weighted by molar-refractivity contribution is 5.96. The van der Waals surface area contributed by atoms with Crippen molar-refractivity contribution in [3.63, 3.8) is 0 Å². The molecule has 1 rings (SSSR count). The van der Waals surface area contributed by atoms with E-state index in [1.807, 2.05) is 13.8 Å². The molecule has 0 bridgehead atoms. The Balaban J connectivity index is 2.94. The highest BCUT2D eigenvalue weighted by Gasteiger charge is 2.15. The molecule has 0 saturated heterocycles. The Morgan fingerprint density at radius 1 is 1.50 bits per heavy atom. The molecular formula is C10H14N2O2. The van der Waals surface area contributed by atoms with E-state index in [0.29, 0.717) is 18.7 Å². The summed E-state index contributed by atoms with van der Waals surface area (Å²) >= 11 is 0. The summed E-state index contributed by atoms with van der Waals surface area (Å²) in [5.74, 6) is -0.223. The molecule has 0 aromatic carbocycles. The topological polar surface area (TPSA) is 53.4 Å². The second-order valence-corrected chi connectivity index (χ2v) is 2.87. The maximum Gasteiger partial charge on any atom is 0.257 e. The Kier molecular flexibility index (Phi) is 3.45.